The van der Waals surface area contributed by atoms with Crippen LogP contribution >= 0.6 is 0 Å². The van der Waals surface area contributed by atoms with Crippen LogP contribution in [0.3, 0.4) is 0 Å². The summed E-state index contributed by atoms with van der Waals surface area (Å²) in [6.07, 6.45) is 5.77. The van der Waals surface area contributed by atoms with E-state index in [-0.39, 0.29) is 64.0 Å². The van der Waals surface area contributed by atoms with Gasteiger partial charge in [-0.1, -0.05) is 39.8 Å². The van der Waals surface area contributed by atoms with E-state index in [2.05, 4.69) is 46.3 Å². The number of nitrogens with one attached hydrogen (secondary N) is 3. The van der Waals surface area contributed by atoms with Gasteiger partial charge >= 0.3 is 0 Å². The predicted molar refractivity (Wildman–Crippen MR) is 208 cm³/mol. The van der Waals surface area contributed by atoms with Crippen LogP contribution in [0.25, 0.3) is 22.4 Å². The number of likely N-dealkylation sites (N-methyl/N-ethyl adjacent to an activating group) is 1. The van der Waals surface area contributed by atoms with Crippen molar-refractivity contribution in [2.24, 2.45) is 17.3 Å². The van der Waals surface area contributed by atoms with E-state index in [1.165, 1.54) is 36.5 Å². The first-order valence-corrected chi connectivity index (χ1v) is 19.2. The molecule has 55 heavy (non-hydrogen) atoms. The normalized spacial score (nSPS) is 21.2. The van der Waals surface area contributed by atoms with Crippen LogP contribution in [0.1, 0.15) is 76.1 Å². The monoisotopic (exact) mass is 752 g/mol. The molecule has 4 heterocycles. The summed E-state index contributed by atoms with van der Waals surface area (Å²) in [7, 11) is 1.79. The largest absolute Gasteiger partial charge is 0.350 e. The number of imidazole rings is 1. The summed E-state index contributed by atoms with van der Waals surface area (Å²) in [5.41, 5.74) is 1.79. The van der Waals surface area contributed by atoms with Crippen molar-refractivity contribution in [3.05, 3.63) is 83.9 Å². The van der Waals surface area contributed by atoms with Crippen molar-refractivity contribution in [1.29, 1.82) is 0 Å². The van der Waals surface area contributed by atoms with E-state index >= 15 is 8.78 Å². The molecule has 3 fully saturated rings. The molecule has 3 aliphatic rings. The van der Waals surface area contributed by atoms with Crippen LogP contribution in [0.2, 0.25) is 0 Å². The second kappa shape index (κ2) is 15.2. The Morgan fingerprint density at radius 3 is 2.33 bits per heavy atom. The number of hydrogen-bond acceptors (Lipinski definition) is 7. The number of carbonyl (C=O) groups excluding carboxylic acids is 3. The molecule has 1 aliphatic carbocycles. The molecule has 4 aromatic rings. The highest BCUT2D eigenvalue weighted by molar-refractivity contribution is 6.04. The summed E-state index contributed by atoms with van der Waals surface area (Å²) >= 11 is 0. The number of H-pyrrole nitrogens is 1. The predicted octanol–water partition coefficient (Wildman–Crippen LogP) is 6.66. The Morgan fingerprint density at radius 1 is 0.982 bits per heavy atom. The van der Waals surface area contributed by atoms with E-state index in [1.54, 1.807) is 31.4 Å². The minimum Gasteiger partial charge on any atom is -0.350 e. The highest BCUT2D eigenvalue weighted by Crippen LogP contribution is 2.52. The molecule has 0 unspecified atom stereocenters. The Hall–Kier alpha value is -5.17. The van der Waals surface area contributed by atoms with Gasteiger partial charge in [0, 0.05) is 72.9 Å². The third kappa shape index (κ3) is 7.71. The van der Waals surface area contributed by atoms with Crippen molar-refractivity contribution in [3.63, 3.8) is 0 Å². The van der Waals surface area contributed by atoms with E-state index in [9.17, 15) is 14.4 Å². The molecular weight excluding hydrogens is 703 g/mol. The average Bonchev–Trinajstić information content (AvgIpc) is 3.51. The van der Waals surface area contributed by atoms with Crippen LogP contribution in [0.15, 0.2) is 60.9 Å². The van der Waals surface area contributed by atoms with E-state index in [0.717, 1.165) is 25.1 Å². The number of benzene rings is 2. The lowest BCUT2D eigenvalue weighted by Gasteiger charge is -2.40. The minimum absolute atomic E-state index is 0.0376. The topological polar surface area (TPSA) is 127 Å². The number of likely N-dealkylation sites (tertiary alicyclic amines) is 1. The summed E-state index contributed by atoms with van der Waals surface area (Å²) in [4.78, 5) is 57.7. The molecule has 3 amide bonds. The Labute approximate surface area is 320 Å². The van der Waals surface area contributed by atoms with Crippen molar-refractivity contribution < 1.29 is 23.2 Å². The fourth-order valence-corrected chi connectivity index (χ4v) is 8.10. The standard InChI is InChI=1S/C42H50F2N8O3/c1-24(2)37(45-6)41(55)52-15-7-8-35(52)38-47-22-34(49-38)26-9-12-29(32(43)18-26)30-13-11-28(19-33(30)44)48-39(53)27-10-14-36(46-21-27)51-17-16-50(23-25(51)3)40(54)31-20-42(31,4)5/h9-14,18-19,21-22,24-25,31,35,37,45H,7-8,15-17,20,23H2,1-6H3,(H,47,49)(H,48,53)/t25-,31-,35+,37+/m1/s1. The Bertz CT molecular complexity index is 2080. The van der Waals surface area contributed by atoms with Crippen LogP contribution in [-0.4, -0.2) is 87.8 Å². The first-order valence-electron chi connectivity index (χ1n) is 19.2. The second-order valence-electron chi connectivity index (χ2n) is 16.2. The molecule has 2 aromatic heterocycles. The molecule has 11 nitrogen and oxygen atoms in total. The maximum absolute atomic E-state index is 15.6. The maximum Gasteiger partial charge on any atom is 0.257 e. The molecule has 13 heteroatoms. The molecule has 2 saturated heterocycles. The number of amides is 3. The summed E-state index contributed by atoms with van der Waals surface area (Å²) in [5.74, 6) is 0.112. The average molecular weight is 753 g/mol. The second-order valence-corrected chi connectivity index (χ2v) is 16.2. The third-order valence-corrected chi connectivity index (χ3v) is 11.5. The van der Waals surface area contributed by atoms with E-state index in [0.29, 0.717) is 48.8 Å². The highest BCUT2D eigenvalue weighted by atomic mass is 19.1. The quantitative estimate of drug-likeness (QED) is 0.166. The molecule has 2 aliphatic heterocycles. The highest BCUT2D eigenvalue weighted by Gasteiger charge is 2.52. The number of aromatic nitrogens is 3. The fourth-order valence-electron chi connectivity index (χ4n) is 8.10. The van der Waals surface area contributed by atoms with Crippen molar-refractivity contribution in [1.82, 2.24) is 30.1 Å². The number of rotatable bonds is 10. The van der Waals surface area contributed by atoms with Crippen LogP contribution < -0.4 is 15.5 Å². The number of pyridine rings is 1. The zero-order chi connectivity index (χ0) is 39.2. The number of carbonyl (C=O) groups is 3. The Kier molecular flexibility index (Phi) is 10.5. The molecule has 4 atom stereocenters. The minimum atomic E-state index is -0.691. The SMILES string of the molecule is CN[C@H](C(=O)N1CCC[C@H]1c1nc(-c2ccc(-c3ccc(NC(=O)c4ccc(N5CCN(C(=O)[C@H]6CC6(C)C)C[C@H]5C)nc4)cc3F)c(F)c2)c[nH]1)C(C)C. The van der Waals surface area contributed by atoms with Gasteiger partial charge < -0.3 is 30.3 Å². The first kappa shape index (κ1) is 38.1. The third-order valence-electron chi connectivity index (χ3n) is 11.5. The van der Waals surface area contributed by atoms with Gasteiger partial charge in [0.15, 0.2) is 0 Å². The van der Waals surface area contributed by atoms with Gasteiger partial charge in [0.25, 0.3) is 5.91 Å². The van der Waals surface area contributed by atoms with Crippen molar-refractivity contribution in [2.45, 2.75) is 72.0 Å². The Balaban J connectivity index is 0.972. The van der Waals surface area contributed by atoms with Crippen molar-refractivity contribution >= 4 is 29.2 Å². The number of aromatic amines is 1. The maximum atomic E-state index is 15.6. The van der Waals surface area contributed by atoms with E-state index < -0.39 is 17.5 Å². The van der Waals surface area contributed by atoms with Crippen LogP contribution in [0.5, 0.6) is 0 Å². The summed E-state index contributed by atoms with van der Waals surface area (Å²) in [6.45, 7) is 12.9. The Morgan fingerprint density at radius 2 is 1.71 bits per heavy atom. The van der Waals surface area contributed by atoms with Crippen LogP contribution in [0, 0.1) is 28.9 Å². The zero-order valence-electron chi connectivity index (χ0n) is 32.3. The van der Waals surface area contributed by atoms with E-state index in [1.807, 2.05) is 23.6 Å². The lowest BCUT2D eigenvalue weighted by Crippen LogP contribution is -2.54. The van der Waals surface area contributed by atoms with Gasteiger partial charge in [-0.3, -0.25) is 14.4 Å². The zero-order valence-corrected chi connectivity index (χ0v) is 32.3. The lowest BCUT2D eigenvalue weighted by atomic mass is 10.0. The molecule has 2 aromatic carbocycles. The van der Waals surface area contributed by atoms with Crippen LogP contribution in [0.4, 0.5) is 20.3 Å². The lowest BCUT2D eigenvalue weighted by molar-refractivity contribution is -0.135. The molecule has 0 bridgehead atoms. The number of piperazine rings is 1. The van der Waals surface area contributed by atoms with Gasteiger partial charge in [0.05, 0.1) is 23.3 Å². The van der Waals surface area contributed by atoms with Gasteiger partial charge in [-0.25, -0.2) is 18.7 Å². The van der Waals surface area contributed by atoms with Gasteiger partial charge in [-0.05, 0) is 81.0 Å². The van der Waals surface area contributed by atoms with Crippen molar-refractivity contribution in [3.8, 4) is 22.4 Å². The van der Waals surface area contributed by atoms with E-state index in [4.69, 9.17) is 4.98 Å². The molecular formula is C42H50F2N8O3. The number of nitrogens with zero attached hydrogens (tertiary/aromatic N) is 5. The summed E-state index contributed by atoms with van der Waals surface area (Å²) in [6, 6.07) is 11.7. The molecule has 290 valence electrons. The number of halogens is 2. The smallest absolute Gasteiger partial charge is 0.257 e. The first-order chi connectivity index (χ1) is 26.2. The van der Waals surface area contributed by atoms with Gasteiger partial charge in [-0.2, -0.15) is 0 Å². The molecule has 3 N–H and O–H groups in total. The molecule has 0 spiro atoms. The van der Waals surface area contributed by atoms with Crippen LogP contribution in [-0.2, 0) is 9.59 Å². The number of anilines is 2. The molecule has 7 rings (SSSR count). The molecule has 1 saturated carbocycles. The van der Waals surface area contributed by atoms with Crippen molar-refractivity contribution in [2.75, 3.05) is 43.4 Å². The number of hydrogen-bond donors (Lipinski definition) is 3. The summed E-state index contributed by atoms with van der Waals surface area (Å²) in [5, 5.41) is 5.84. The van der Waals surface area contributed by atoms with Gasteiger partial charge in [0.1, 0.15) is 23.3 Å². The molecule has 0 radical (unpaired) electrons. The fraction of sp³-hybridized carbons (Fsp3) is 0.452. The van der Waals surface area contributed by atoms with Gasteiger partial charge in [0.2, 0.25) is 11.8 Å². The summed E-state index contributed by atoms with van der Waals surface area (Å²) < 4.78 is 31.0. The van der Waals surface area contributed by atoms with Gasteiger partial charge in [-0.15, -0.1) is 0 Å².